The highest BCUT2D eigenvalue weighted by atomic mass is 16.1. The van der Waals surface area contributed by atoms with Crippen molar-refractivity contribution in [2.75, 3.05) is 0 Å². The Balaban J connectivity index is 2.40. The van der Waals surface area contributed by atoms with Crippen LogP contribution in [0.5, 0.6) is 0 Å². The molecule has 1 nitrogen and oxygen atoms in total. The lowest BCUT2D eigenvalue weighted by Crippen LogP contribution is -2.46. The molecule has 0 aromatic carbocycles. The lowest BCUT2D eigenvalue weighted by Gasteiger charge is -2.54. The molecule has 0 bridgehead atoms. The Hall–Kier alpha value is -0.330. The summed E-state index contributed by atoms with van der Waals surface area (Å²) in [5, 5.41) is 0. The van der Waals surface area contributed by atoms with Gasteiger partial charge >= 0.3 is 0 Å². The van der Waals surface area contributed by atoms with Gasteiger partial charge in [-0.25, -0.2) is 0 Å². The maximum Gasteiger partial charge on any atom is 0.136 e. The lowest BCUT2D eigenvalue weighted by molar-refractivity contribution is -0.124. The molecule has 98 valence electrons. The quantitative estimate of drug-likeness (QED) is 0.607. The molecule has 0 radical (unpaired) electrons. The third kappa shape index (κ3) is 2.06. The van der Waals surface area contributed by atoms with Gasteiger partial charge in [-0.15, -0.1) is 0 Å². The SMILES string of the molecule is CC1CC(=O)C(C)C12CC(C)(C)CC(C)(C)C2. The molecule has 0 aliphatic heterocycles. The fraction of sp³-hybridized carbons (Fsp3) is 0.938. The standard InChI is InChI=1S/C16H28O/c1-11-7-13(17)12(2)16(11)9-14(3,4)8-15(5,6)10-16/h11-12H,7-10H2,1-6H3. The van der Waals surface area contributed by atoms with E-state index in [2.05, 4.69) is 41.5 Å². The molecule has 2 saturated carbocycles. The Morgan fingerprint density at radius 2 is 1.41 bits per heavy atom. The Kier molecular flexibility index (Phi) is 2.76. The van der Waals surface area contributed by atoms with E-state index in [4.69, 9.17) is 0 Å². The van der Waals surface area contributed by atoms with E-state index in [1.165, 1.54) is 19.3 Å². The second kappa shape index (κ2) is 3.59. The van der Waals surface area contributed by atoms with E-state index in [0.29, 0.717) is 22.5 Å². The fourth-order valence-corrected chi connectivity index (χ4v) is 5.35. The molecule has 2 aliphatic rings. The smallest absolute Gasteiger partial charge is 0.136 e. The first-order valence-corrected chi connectivity index (χ1v) is 7.11. The van der Waals surface area contributed by atoms with Crippen molar-refractivity contribution in [3.05, 3.63) is 0 Å². The molecule has 2 fully saturated rings. The number of ketones is 1. The van der Waals surface area contributed by atoms with Gasteiger partial charge in [0.15, 0.2) is 0 Å². The number of carbonyl (C=O) groups is 1. The second-order valence-electron chi connectivity index (χ2n) is 8.39. The van der Waals surface area contributed by atoms with Crippen LogP contribution in [0, 0.1) is 28.1 Å². The van der Waals surface area contributed by atoms with Crippen molar-refractivity contribution in [3.8, 4) is 0 Å². The molecule has 2 aliphatic carbocycles. The molecule has 0 N–H and O–H groups in total. The molecule has 2 rings (SSSR count). The summed E-state index contributed by atoms with van der Waals surface area (Å²) < 4.78 is 0. The van der Waals surface area contributed by atoms with Gasteiger partial charge < -0.3 is 0 Å². The normalized spacial score (nSPS) is 38.6. The van der Waals surface area contributed by atoms with E-state index in [-0.39, 0.29) is 11.3 Å². The van der Waals surface area contributed by atoms with E-state index in [0.717, 1.165) is 6.42 Å². The predicted octanol–water partition coefficient (Wildman–Crippen LogP) is 4.45. The van der Waals surface area contributed by atoms with Crippen LogP contribution < -0.4 is 0 Å². The highest BCUT2D eigenvalue weighted by Gasteiger charge is 2.57. The molecule has 1 spiro atoms. The number of Topliss-reactive ketones (excluding diaryl/α,β-unsaturated/α-hetero) is 1. The van der Waals surface area contributed by atoms with Gasteiger partial charge in [0.1, 0.15) is 5.78 Å². The van der Waals surface area contributed by atoms with Gasteiger partial charge in [-0.05, 0) is 41.4 Å². The Labute approximate surface area is 106 Å². The van der Waals surface area contributed by atoms with E-state index in [1.807, 2.05) is 0 Å². The van der Waals surface area contributed by atoms with Crippen molar-refractivity contribution in [1.29, 1.82) is 0 Å². The van der Waals surface area contributed by atoms with E-state index < -0.39 is 0 Å². The summed E-state index contributed by atoms with van der Waals surface area (Å²) in [4.78, 5) is 12.1. The predicted molar refractivity (Wildman–Crippen MR) is 71.8 cm³/mol. The average Bonchev–Trinajstić information content (AvgIpc) is 2.26. The van der Waals surface area contributed by atoms with Crippen molar-refractivity contribution in [2.24, 2.45) is 28.1 Å². The zero-order valence-corrected chi connectivity index (χ0v) is 12.4. The molecule has 0 aromatic heterocycles. The minimum atomic E-state index is 0.274. The van der Waals surface area contributed by atoms with Crippen molar-refractivity contribution in [3.63, 3.8) is 0 Å². The molecular weight excluding hydrogens is 208 g/mol. The first kappa shape index (κ1) is 13.1. The zero-order chi connectivity index (χ0) is 13.1. The first-order chi connectivity index (χ1) is 7.58. The van der Waals surface area contributed by atoms with Crippen molar-refractivity contribution >= 4 is 5.78 Å². The maximum absolute atomic E-state index is 12.1. The van der Waals surface area contributed by atoms with Crippen molar-refractivity contribution in [1.82, 2.24) is 0 Å². The van der Waals surface area contributed by atoms with Crippen LogP contribution in [0.2, 0.25) is 0 Å². The van der Waals surface area contributed by atoms with Crippen LogP contribution in [-0.2, 0) is 4.79 Å². The number of hydrogen-bond donors (Lipinski definition) is 0. The minimum Gasteiger partial charge on any atom is -0.299 e. The topological polar surface area (TPSA) is 17.1 Å². The van der Waals surface area contributed by atoms with Crippen LogP contribution in [0.25, 0.3) is 0 Å². The van der Waals surface area contributed by atoms with Crippen LogP contribution in [-0.4, -0.2) is 5.78 Å². The molecule has 0 aromatic rings. The van der Waals surface area contributed by atoms with E-state index in [9.17, 15) is 4.79 Å². The van der Waals surface area contributed by atoms with Gasteiger partial charge in [-0.1, -0.05) is 41.5 Å². The summed E-state index contributed by atoms with van der Waals surface area (Å²) in [7, 11) is 0. The molecule has 0 amide bonds. The third-order valence-corrected chi connectivity index (χ3v) is 5.41. The molecule has 17 heavy (non-hydrogen) atoms. The summed E-state index contributed by atoms with van der Waals surface area (Å²) in [6, 6.07) is 0. The Morgan fingerprint density at radius 1 is 0.941 bits per heavy atom. The van der Waals surface area contributed by atoms with Crippen LogP contribution in [0.1, 0.15) is 67.2 Å². The van der Waals surface area contributed by atoms with Gasteiger partial charge in [0.05, 0.1) is 0 Å². The highest BCUT2D eigenvalue weighted by Crippen LogP contribution is 2.63. The summed E-state index contributed by atoms with van der Waals surface area (Å²) in [6.45, 7) is 14.0. The van der Waals surface area contributed by atoms with Gasteiger partial charge in [-0.2, -0.15) is 0 Å². The second-order valence-corrected chi connectivity index (χ2v) is 8.39. The van der Waals surface area contributed by atoms with E-state index >= 15 is 0 Å². The van der Waals surface area contributed by atoms with Gasteiger partial charge in [0.2, 0.25) is 0 Å². The third-order valence-electron chi connectivity index (χ3n) is 5.41. The molecule has 0 saturated heterocycles. The largest absolute Gasteiger partial charge is 0.299 e. The average molecular weight is 236 g/mol. The van der Waals surface area contributed by atoms with Crippen LogP contribution >= 0.6 is 0 Å². The van der Waals surface area contributed by atoms with Crippen LogP contribution in [0.4, 0.5) is 0 Å². The summed E-state index contributed by atoms with van der Waals surface area (Å²) in [5.74, 6) is 1.35. The van der Waals surface area contributed by atoms with Crippen molar-refractivity contribution in [2.45, 2.75) is 67.2 Å². The molecule has 0 heterocycles. The number of rotatable bonds is 0. The van der Waals surface area contributed by atoms with Crippen LogP contribution in [0.15, 0.2) is 0 Å². The molecule has 2 atom stereocenters. The first-order valence-electron chi connectivity index (χ1n) is 7.11. The highest BCUT2D eigenvalue weighted by molar-refractivity contribution is 5.84. The van der Waals surface area contributed by atoms with Gasteiger partial charge in [0, 0.05) is 12.3 Å². The Morgan fingerprint density at radius 3 is 1.76 bits per heavy atom. The maximum atomic E-state index is 12.1. The van der Waals surface area contributed by atoms with Crippen molar-refractivity contribution < 1.29 is 4.79 Å². The van der Waals surface area contributed by atoms with Crippen LogP contribution in [0.3, 0.4) is 0 Å². The molecular formula is C16H28O. The monoisotopic (exact) mass is 236 g/mol. The fourth-order valence-electron chi connectivity index (χ4n) is 5.35. The summed E-state index contributed by atoms with van der Waals surface area (Å²) in [6.07, 6.45) is 4.57. The summed E-state index contributed by atoms with van der Waals surface area (Å²) in [5.41, 5.74) is 1.05. The molecule has 1 heteroatoms. The molecule has 2 unspecified atom stereocenters. The minimum absolute atomic E-state index is 0.274. The Bertz CT molecular complexity index is 321. The van der Waals surface area contributed by atoms with Gasteiger partial charge in [0.25, 0.3) is 0 Å². The van der Waals surface area contributed by atoms with E-state index in [1.54, 1.807) is 0 Å². The zero-order valence-electron chi connectivity index (χ0n) is 12.4. The number of carbonyl (C=O) groups excluding carboxylic acids is 1. The lowest BCUT2D eigenvalue weighted by atomic mass is 9.50. The number of hydrogen-bond acceptors (Lipinski definition) is 1. The van der Waals surface area contributed by atoms with Gasteiger partial charge in [-0.3, -0.25) is 4.79 Å². The summed E-state index contributed by atoms with van der Waals surface area (Å²) >= 11 is 0.